The zero-order valence-electron chi connectivity index (χ0n) is 14.6. The molecule has 0 spiro atoms. The van der Waals surface area contributed by atoms with Crippen LogP contribution in [0.4, 0.5) is 0 Å². The van der Waals surface area contributed by atoms with Gasteiger partial charge in [0.2, 0.25) is 5.91 Å². The molecule has 1 N–H and O–H groups in total. The second-order valence-electron chi connectivity index (χ2n) is 7.92. The Morgan fingerprint density at radius 1 is 0.870 bits per heavy atom. The third-order valence-electron chi connectivity index (χ3n) is 6.06. The van der Waals surface area contributed by atoms with Crippen molar-refractivity contribution in [3.05, 3.63) is 0 Å². The highest BCUT2D eigenvalue weighted by atomic mass is 16.3. The van der Waals surface area contributed by atoms with Crippen molar-refractivity contribution in [2.45, 2.75) is 95.2 Å². The number of amides is 1. The number of hydrogen-bond acceptors (Lipinski definition) is 3. The Balaban J connectivity index is 1.64. The van der Waals surface area contributed by atoms with Crippen LogP contribution in [-0.2, 0) is 4.79 Å². The summed E-state index contributed by atoms with van der Waals surface area (Å²) in [7, 11) is 0. The SMILES string of the molecule is O=C(CN1CCCC(O)C1)N(C1CCCCC1)C1CCCCC1. The number of β-amino-alcohol motifs (C(OH)–C–C–N with tert-alkyl or cyclic N) is 1. The second-order valence-corrected chi connectivity index (χ2v) is 7.92. The summed E-state index contributed by atoms with van der Waals surface area (Å²) in [5.74, 6) is 0.331. The third kappa shape index (κ3) is 4.69. The average molecular weight is 322 g/mol. The summed E-state index contributed by atoms with van der Waals surface area (Å²) in [6.07, 6.45) is 14.3. The molecule has 1 aliphatic heterocycles. The largest absolute Gasteiger partial charge is 0.392 e. The molecule has 1 heterocycles. The molecule has 0 aromatic rings. The van der Waals surface area contributed by atoms with E-state index in [4.69, 9.17) is 0 Å². The van der Waals surface area contributed by atoms with Crippen LogP contribution < -0.4 is 0 Å². The molecule has 1 atom stereocenters. The number of aliphatic hydroxyl groups is 1. The molecule has 0 bridgehead atoms. The molecular formula is C19H34N2O2. The van der Waals surface area contributed by atoms with E-state index in [1.54, 1.807) is 0 Å². The summed E-state index contributed by atoms with van der Waals surface area (Å²) in [4.78, 5) is 17.6. The van der Waals surface area contributed by atoms with E-state index < -0.39 is 0 Å². The smallest absolute Gasteiger partial charge is 0.237 e. The van der Waals surface area contributed by atoms with E-state index in [9.17, 15) is 9.90 Å². The maximum Gasteiger partial charge on any atom is 0.237 e. The lowest BCUT2D eigenvalue weighted by molar-refractivity contribution is -0.140. The van der Waals surface area contributed by atoms with Gasteiger partial charge in [0.05, 0.1) is 12.6 Å². The molecule has 0 radical (unpaired) electrons. The van der Waals surface area contributed by atoms with Crippen molar-refractivity contribution in [3.8, 4) is 0 Å². The summed E-state index contributed by atoms with van der Waals surface area (Å²) >= 11 is 0. The molecule has 0 aromatic carbocycles. The fraction of sp³-hybridized carbons (Fsp3) is 0.947. The van der Waals surface area contributed by atoms with Gasteiger partial charge in [-0.15, -0.1) is 0 Å². The molecule has 3 fully saturated rings. The topological polar surface area (TPSA) is 43.8 Å². The Morgan fingerprint density at radius 2 is 1.43 bits per heavy atom. The Bertz CT molecular complexity index is 358. The van der Waals surface area contributed by atoms with Crippen molar-refractivity contribution >= 4 is 5.91 Å². The van der Waals surface area contributed by atoms with Crippen LogP contribution in [0, 0.1) is 0 Å². The van der Waals surface area contributed by atoms with Crippen LogP contribution >= 0.6 is 0 Å². The number of hydrogen-bond donors (Lipinski definition) is 1. The molecule has 0 aromatic heterocycles. The number of likely N-dealkylation sites (tertiary alicyclic amines) is 1. The van der Waals surface area contributed by atoms with Gasteiger partial charge in [-0.3, -0.25) is 9.69 Å². The molecule has 1 unspecified atom stereocenters. The van der Waals surface area contributed by atoms with Crippen LogP contribution in [0.1, 0.15) is 77.0 Å². The van der Waals surface area contributed by atoms with Crippen LogP contribution in [0.3, 0.4) is 0 Å². The van der Waals surface area contributed by atoms with Crippen LogP contribution in [0.15, 0.2) is 0 Å². The minimum Gasteiger partial charge on any atom is -0.392 e. The quantitative estimate of drug-likeness (QED) is 0.865. The Morgan fingerprint density at radius 3 is 1.96 bits per heavy atom. The van der Waals surface area contributed by atoms with E-state index in [1.807, 2.05) is 0 Å². The van der Waals surface area contributed by atoms with Crippen molar-refractivity contribution in [3.63, 3.8) is 0 Å². The molecule has 4 nitrogen and oxygen atoms in total. The monoisotopic (exact) mass is 322 g/mol. The van der Waals surface area contributed by atoms with Gasteiger partial charge in [0, 0.05) is 18.6 Å². The number of rotatable bonds is 4. The molecular weight excluding hydrogens is 288 g/mol. The lowest BCUT2D eigenvalue weighted by atomic mass is 9.88. The van der Waals surface area contributed by atoms with Gasteiger partial charge in [0.15, 0.2) is 0 Å². The van der Waals surface area contributed by atoms with Crippen LogP contribution in [-0.4, -0.2) is 58.6 Å². The molecule has 132 valence electrons. The van der Waals surface area contributed by atoms with Crippen LogP contribution in [0.25, 0.3) is 0 Å². The van der Waals surface area contributed by atoms with Gasteiger partial charge in [-0.05, 0) is 45.1 Å². The van der Waals surface area contributed by atoms with E-state index >= 15 is 0 Å². The predicted octanol–water partition coefficient (Wildman–Crippen LogP) is 2.94. The van der Waals surface area contributed by atoms with Gasteiger partial charge in [-0.25, -0.2) is 0 Å². The van der Waals surface area contributed by atoms with E-state index in [2.05, 4.69) is 9.80 Å². The first kappa shape index (κ1) is 17.2. The summed E-state index contributed by atoms with van der Waals surface area (Å²) in [5.41, 5.74) is 0. The molecule has 1 amide bonds. The molecule has 2 saturated carbocycles. The second kappa shape index (κ2) is 8.48. The minimum atomic E-state index is -0.241. The van der Waals surface area contributed by atoms with Crippen LogP contribution in [0.5, 0.6) is 0 Å². The van der Waals surface area contributed by atoms with E-state index in [0.29, 0.717) is 31.1 Å². The lowest BCUT2D eigenvalue weighted by Gasteiger charge is -2.43. The maximum atomic E-state index is 13.1. The highest BCUT2D eigenvalue weighted by molar-refractivity contribution is 5.79. The highest BCUT2D eigenvalue weighted by Gasteiger charge is 2.33. The van der Waals surface area contributed by atoms with Gasteiger partial charge in [-0.2, -0.15) is 0 Å². The minimum absolute atomic E-state index is 0.241. The lowest BCUT2D eigenvalue weighted by Crippen LogP contribution is -2.53. The standard InChI is InChI=1S/C19H34N2O2/c22-18-12-7-13-20(14-18)15-19(23)21(16-8-3-1-4-9-16)17-10-5-2-6-11-17/h16-18,22H,1-15H2. The average Bonchev–Trinajstić information content (AvgIpc) is 2.57. The number of piperidine rings is 1. The van der Waals surface area contributed by atoms with E-state index in [-0.39, 0.29) is 6.10 Å². The summed E-state index contributed by atoms with van der Waals surface area (Å²) in [5, 5.41) is 9.86. The van der Waals surface area contributed by atoms with Crippen molar-refractivity contribution in [1.29, 1.82) is 0 Å². The predicted molar refractivity (Wildman–Crippen MR) is 92.3 cm³/mol. The third-order valence-corrected chi connectivity index (χ3v) is 6.06. The fourth-order valence-electron chi connectivity index (χ4n) is 4.87. The molecule has 4 heteroatoms. The van der Waals surface area contributed by atoms with E-state index in [0.717, 1.165) is 19.4 Å². The van der Waals surface area contributed by atoms with Gasteiger partial charge in [0.25, 0.3) is 0 Å². The summed E-state index contributed by atoms with van der Waals surface area (Å²) in [6, 6.07) is 0.961. The van der Waals surface area contributed by atoms with Gasteiger partial charge in [-0.1, -0.05) is 38.5 Å². The zero-order chi connectivity index (χ0) is 16.1. The molecule has 3 aliphatic rings. The first-order valence-electron chi connectivity index (χ1n) is 9.95. The number of nitrogens with zero attached hydrogens (tertiary/aromatic N) is 2. The number of carbonyl (C=O) groups is 1. The molecule has 23 heavy (non-hydrogen) atoms. The Hall–Kier alpha value is -0.610. The Labute approximate surface area is 141 Å². The molecule has 3 rings (SSSR count). The highest BCUT2D eigenvalue weighted by Crippen LogP contribution is 2.30. The summed E-state index contributed by atoms with van der Waals surface area (Å²) < 4.78 is 0. The van der Waals surface area contributed by atoms with Crippen molar-refractivity contribution in [2.24, 2.45) is 0 Å². The number of aliphatic hydroxyl groups excluding tert-OH is 1. The van der Waals surface area contributed by atoms with Crippen molar-refractivity contribution in [2.75, 3.05) is 19.6 Å². The van der Waals surface area contributed by atoms with E-state index in [1.165, 1.54) is 64.2 Å². The molecule has 2 aliphatic carbocycles. The first-order valence-corrected chi connectivity index (χ1v) is 9.95. The number of carbonyl (C=O) groups excluding carboxylic acids is 1. The van der Waals surface area contributed by atoms with Gasteiger partial charge in [0.1, 0.15) is 0 Å². The molecule has 1 saturated heterocycles. The van der Waals surface area contributed by atoms with Crippen molar-refractivity contribution < 1.29 is 9.90 Å². The van der Waals surface area contributed by atoms with Gasteiger partial charge < -0.3 is 10.0 Å². The van der Waals surface area contributed by atoms with Crippen LogP contribution in [0.2, 0.25) is 0 Å². The van der Waals surface area contributed by atoms with Gasteiger partial charge >= 0.3 is 0 Å². The zero-order valence-corrected chi connectivity index (χ0v) is 14.6. The van der Waals surface area contributed by atoms with Crippen molar-refractivity contribution in [1.82, 2.24) is 9.80 Å². The summed E-state index contributed by atoms with van der Waals surface area (Å²) in [6.45, 7) is 2.16. The normalized spacial score (nSPS) is 28.7. The maximum absolute atomic E-state index is 13.1. The first-order chi connectivity index (χ1) is 11.2. The Kier molecular flexibility index (Phi) is 6.35. The fourth-order valence-corrected chi connectivity index (χ4v) is 4.87.